The maximum Gasteiger partial charge on any atom is 0.289 e. The largest absolute Gasteiger partial charge is 0.491 e. The minimum Gasteiger partial charge on any atom is -0.491 e. The molecule has 0 bridgehead atoms. The molecule has 0 unspecified atom stereocenters. The SMILES string of the molecule is Cc1ccc(C)c(OCCN(C)C(=O)c2cc(CCl)c(C)o2)c1. The molecule has 0 spiro atoms. The molecule has 1 aromatic heterocycles. The van der Waals surface area contributed by atoms with E-state index < -0.39 is 0 Å². The quantitative estimate of drug-likeness (QED) is 0.746. The number of benzene rings is 1. The molecule has 0 N–H and O–H groups in total. The summed E-state index contributed by atoms with van der Waals surface area (Å²) < 4.78 is 11.3. The molecule has 5 heteroatoms. The number of hydrogen-bond donors (Lipinski definition) is 0. The third-order valence-corrected chi connectivity index (χ3v) is 4.04. The minimum absolute atomic E-state index is 0.172. The van der Waals surface area contributed by atoms with E-state index in [0.717, 1.165) is 22.4 Å². The van der Waals surface area contributed by atoms with Crippen LogP contribution in [0.4, 0.5) is 0 Å². The Morgan fingerprint density at radius 2 is 2.00 bits per heavy atom. The van der Waals surface area contributed by atoms with Crippen molar-refractivity contribution in [3.05, 3.63) is 52.5 Å². The molecule has 0 aliphatic rings. The van der Waals surface area contributed by atoms with Gasteiger partial charge in [0.25, 0.3) is 5.91 Å². The fourth-order valence-electron chi connectivity index (χ4n) is 2.20. The van der Waals surface area contributed by atoms with E-state index in [4.69, 9.17) is 20.8 Å². The van der Waals surface area contributed by atoms with Gasteiger partial charge < -0.3 is 14.1 Å². The third-order valence-electron chi connectivity index (χ3n) is 3.75. The number of halogens is 1. The van der Waals surface area contributed by atoms with E-state index in [1.165, 1.54) is 0 Å². The van der Waals surface area contributed by atoms with Crippen LogP contribution in [0.15, 0.2) is 28.7 Å². The first-order valence-electron chi connectivity index (χ1n) is 7.53. The summed E-state index contributed by atoms with van der Waals surface area (Å²) in [6.45, 7) is 6.73. The molecule has 0 saturated carbocycles. The van der Waals surface area contributed by atoms with Gasteiger partial charge in [-0.05, 0) is 44.0 Å². The first kappa shape index (κ1) is 17.4. The van der Waals surface area contributed by atoms with Crippen LogP contribution in [0.25, 0.3) is 0 Å². The normalized spacial score (nSPS) is 10.7. The highest BCUT2D eigenvalue weighted by Crippen LogP contribution is 2.20. The van der Waals surface area contributed by atoms with Crippen LogP contribution < -0.4 is 4.74 Å². The Bertz CT molecular complexity index is 694. The Kier molecular flexibility index (Phi) is 5.72. The molecule has 0 aliphatic heterocycles. The lowest BCUT2D eigenvalue weighted by Gasteiger charge is -2.17. The summed E-state index contributed by atoms with van der Waals surface area (Å²) in [5, 5.41) is 0. The number of alkyl halides is 1. The number of rotatable bonds is 6. The average Bonchev–Trinajstić information content (AvgIpc) is 2.90. The summed E-state index contributed by atoms with van der Waals surface area (Å²) in [6, 6.07) is 7.77. The molecule has 1 aromatic carbocycles. The summed E-state index contributed by atoms with van der Waals surface area (Å²) in [5.41, 5.74) is 3.07. The molecular formula is C18H22ClNO3. The highest BCUT2D eigenvalue weighted by atomic mass is 35.5. The highest BCUT2D eigenvalue weighted by molar-refractivity contribution is 6.17. The molecule has 1 amide bonds. The van der Waals surface area contributed by atoms with Gasteiger partial charge in [0.05, 0.1) is 12.4 Å². The number of carbonyl (C=O) groups excluding carboxylic acids is 1. The Labute approximate surface area is 142 Å². The molecular weight excluding hydrogens is 314 g/mol. The third kappa shape index (κ3) is 4.29. The Morgan fingerprint density at radius 1 is 1.26 bits per heavy atom. The predicted molar refractivity (Wildman–Crippen MR) is 91.4 cm³/mol. The smallest absolute Gasteiger partial charge is 0.289 e. The van der Waals surface area contributed by atoms with E-state index in [9.17, 15) is 4.79 Å². The van der Waals surface area contributed by atoms with Gasteiger partial charge in [0.1, 0.15) is 18.1 Å². The first-order chi connectivity index (χ1) is 10.9. The van der Waals surface area contributed by atoms with Gasteiger partial charge in [0.15, 0.2) is 5.76 Å². The molecule has 0 radical (unpaired) electrons. The van der Waals surface area contributed by atoms with E-state index in [-0.39, 0.29) is 5.91 Å². The Balaban J connectivity index is 1.92. The summed E-state index contributed by atoms with van der Waals surface area (Å²) in [5.74, 6) is 2.01. The molecule has 0 atom stereocenters. The van der Waals surface area contributed by atoms with E-state index >= 15 is 0 Å². The van der Waals surface area contributed by atoms with Crippen LogP contribution in [-0.2, 0) is 5.88 Å². The molecule has 2 rings (SSSR count). The fourth-order valence-corrected chi connectivity index (χ4v) is 2.47. The summed E-state index contributed by atoms with van der Waals surface area (Å²) in [4.78, 5) is 13.9. The molecule has 1 heterocycles. The molecule has 0 fully saturated rings. The molecule has 0 saturated heterocycles. The van der Waals surface area contributed by atoms with Gasteiger partial charge >= 0.3 is 0 Å². The van der Waals surface area contributed by atoms with E-state index in [1.807, 2.05) is 32.0 Å². The number of nitrogens with zero attached hydrogens (tertiary/aromatic N) is 1. The number of aryl methyl sites for hydroxylation is 3. The monoisotopic (exact) mass is 335 g/mol. The van der Waals surface area contributed by atoms with Crippen LogP contribution in [0.1, 0.15) is 33.0 Å². The van der Waals surface area contributed by atoms with Crippen molar-refractivity contribution in [3.8, 4) is 5.75 Å². The van der Waals surface area contributed by atoms with Crippen LogP contribution >= 0.6 is 11.6 Å². The van der Waals surface area contributed by atoms with Gasteiger partial charge in [-0.3, -0.25) is 4.79 Å². The molecule has 4 nitrogen and oxygen atoms in total. The molecule has 0 aliphatic carbocycles. The fraction of sp³-hybridized carbons (Fsp3) is 0.389. The van der Waals surface area contributed by atoms with Crippen molar-refractivity contribution in [2.24, 2.45) is 0 Å². The second kappa shape index (κ2) is 7.55. The van der Waals surface area contributed by atoms with Crippen LogP contribution in [0.3, 0.4) is 0 Å². The summed E-state index contributed by atoms with van der Waals surface area (Å²) in [7, 11) is 1.73. The molecule has 124 valence electrons. The Hall–Kier alpha value is -1.94. The highest BCUT2D eigenvalue weighted by Gasteiger charge is 2.18. The van der Waals surface area contributed by atoms with E-state index in [0.29, 0.717) is 30.6 Å². The lowest BCUT2D eigenvalue weighted by molar-refractivity contribution is 0.0741. The standard InChI is InChI=1S/C18H22ClNO3/c1-12-5-6-13(2)16(9-12)22-8-7-20(4)18(21)17-10-15(11-19)14(3)23-17/h5-6,9-10H,7-8,11H2,1-4H3. The first-order valence-corrected chi connectivity index (χ1v) is 8.06. The van der Waals surface area contributed by atoms with Crippen LogP contribution in [0.5, 0.6) is 5.75 Å². The number of ether oxygens (including phenoxy) is 1. The van der Waals surface area contributed by atoms with Crippen molar-refractivity contribution >= 4 is 17.5 Å². The van der Waals surface area contributed by atoms with Crippen molar-refractivity contribution in [3.63, 3.8) is 0 Å². The van der Waals surface area contributed by atoms with Crippen molar-refractivity contribution in [1.82, 2.24) is 4.90 Å². The zero-order chi connectivity index (χ0) is 17.0. The van der Waals surface area contributed by atoms with Crippen molar-refractivity contribution in [1.29, 1.82) is 0 Å². The zero-order valence-corrected chi connectivity index (χ0v) is 14.7. The van der Waals surface area contributed by atoms with Gasteiger partial charge in [-0.15, -0.1) is 11.6 Å². The predicted octanol–water partition coefficient (Wildman–Crippen LogP) is 4.09. The lowest BCUT2D eigenvalue weighted by Crippen LogP contribution is -2.30. The Morgan fingerprint density at radius 3 is 2.65 bits per heavy atom. The number of likely N-dealkylation sites (N-methyl/N-ethyl adjacent to an activating group) is 1. The van der Waals surface area contributed by atoms with Gasteiger partial charge in [-0.2, -0.15) is 0 Å². The lowest BCUT2D eigenvalue weighted by atomic mass is 10.1. The van der Waals surface area contributed by atoms with Crippen LogP contribution in [0.2, 0.25) is 0 Å². The zero-order valence-electron chi connectivity index (χ0n) is 14.0. The van der Waals surface area contributed by atoms with Gasteiger partial charge in [-0.1, -0.05) is 12.1 Å². The van der Waals surface area contributed by atoms with Gasteiger partial charge in [0.2, 0.25) is 0 Å². The van der Waals surface area contributed by atoms with E-state index in [1.54, 1.807) is 24.9 Å². The van der Waals surface area contributed by atoms with Crippen LogP contribution in [-0.4, -0.2) is 31.0 Å². The maximum atomic E-state index is 12.3. The second-order valence-corrected chi connectivity index (χ2v) is 5.94. The second-order valence-electron chi connectivity index (χ2n) is 5.67. The van der Waals surface area contributed by atoms with Gasteiger partial charge in [-0.25, -0.2) is 0 Å². The van der Waals surface area contributed by atoms with Crippen LogP contribution in [0, 0.1) is 20.8 Å². The number of carbonyl (C=O) groups is 1. The maximum absolute atomic E-state index is 12.3. The number of hydrogen-bond acceptors (Lipinski definition) is 3. The number of furan rings is 1. The van der Waals surface area contributed by atoms with Gasteiger partial charge in [0, 0.05) is 12.6 Å². The van der Waals surface area contributed by atoms with Crippen molar-refractivity contribution in [2.75, 3.05) is 20.2 Å². The topological polar surface area (TPSA) is 42.7 Å². The summed E-state index contributed by atoms with van der Waals surface area (Å²) >= 11 is 5.80. The average molecular weight is 336 g/mol. The minimum atomic E-state index is -0.172. The van der Waals surface area contributed by atoms with Crippen molar-refractivity contribution < 1.29 is 13.9 Å². The summed E-state index contributed by atoms with van der Waals surface area (Å²) in [6.07, 6.45) is 0. The van der Waals surface area contributed by atoms with E-state index in [2.05, 4.69) is 0 Å². The molecule has 2 aromatic rings. The molecule has 23 heavy (non-hydrogen) atoms. The van der Waals surface area contributed by atoms with Crippen molar-refractivity contribution in [2.45, 2.75) is 26.7 Å². The number of amides is 1.